The molecule has 0 radical (unpaired) electrons. The number of aliphatic carboxylic acids is 1. The van der Waals surface area contributed by atoms with Crippen LogP contribution in [-0.2, 0) is 9.59 Å². The van der Waals surface area contributed by atoms with Gasteiger partial charge in [-0.1, -0.05) is 31.4 Å². The average Bonchev–Trinajstić information content (AvgIpc) is 3.07. The van der Waals surface area contributed by atoms with Crippen LogP contribution >= 0.6 is 0 Å². The number of amides is 2. The normalized spacial score (nSPS) is 25.2. The Bertz CT molecular complexity index is 868. The van der Waals surface area contributed by atoms with Gasteiger partial charge in [0.25, 0.3) is 0 Å². The van der Waals surface area contributed by atoms with Gasteiger partial charge in [-0.05, 0) is 68.1 Å². The van der Waals surface area contributed by atoms with E-state index in [1.54, 1.807) is 6.07 Å². The largest absolute Gasteiger partial charge is 0.481 e. The van der Waals surface area contributed by atoms with Crippen LogP contribution in [0.15, 0.2) is 24.3 Å². The number of benzene rings is 1. The third kappa shape index (κ3) is 6.17. The van der Waals surface area contributed by atoms with Gasteiger partial charge in [0.15, 0.2) is 0 Å². The summed E-state index contributed by atoms with van der Waals surface area (Å²) in [5.74, 6) is -0.330. The lowest BCUT2D eigenvalue weighted by Gasteiger charge is -2.40. The van der Waals surface area contributed by atoms with Gasteiger partial charge in [0.2, 0.25) is 11.8 Å². The Labute approximate surface area is 202 Å². The fourth-order valence-corrected chi connectivity index (χ4v) is 6.46. The first-order chi connectivity index (χ1) is 16.4. The Morgan fingerprint density at radius 3 is 2.35 bits per heavy atom. The number of rotatable bonds is 10. The quantitative estimate of drug-likeness (QED) is 0.543. The molecule has 2 amide bonds. The summed E-state index contributed by atoms with van der Waals surface area (Å²) < 4.78 is 0. The molecule has 2 heterocycles. The maximum Gasteiger partial charge on any atom is 0.303 e. The summed E-state index contributed by atoms with van der Waals surface area (Å²) in [6, 6.07) is 8.75. The van der Waals surface area contributed by atoms with Crippen molar-refractivity contribution in [2.24, 2.45) is 11.7 Å². The molecule has 1 aromatic carbocycles. The van der Waals surface area contributed by atoms with E-state index < -0.39 is 5.97 Å². The van der Waals surface area contributed by atoms with Gasteiger partial charge in [-0.15, -0.1) is 0 Å². The van der Waals surface area contributed by atoms with Crippen LogP contribution in [0.25, 0.3) is 0 Å². The Morgan fingerprint density at radius 1 is 1.00 bits per heavy atom. The predicted octanol–water partition coefficient (Wildman–Crippen LogP) is 3.77. The van der Waals surface area contributed by atoms with Crippen LogP contribution in [0.2, 0.25) is 0 Å². The second kappa shape index (κ2) is 11.3. The van der Waals surface area contributed by atoms with E-state index in [1.165, 1.54) is 50.5 Å². The lowest BCUT2D eigenvalue weighted by molar-refractivity contribution is -0.141. The van der Waals surface area contributed by atoms with Crippen molar-refractivity contribution < 1.29 is 19.5 Å². The standard InChI is InChI=1S/C27H39N3O4/c28-27(34)21-8-4-7-20(15-21)22-16-23-9-10-24(17-22)30(23)14-13-29(25(31)11-12-26(32)33)18-19-5-2-1-3-6-19/h4,7-8,15,19,22-24H,1-3,5-6,9-14,16-18H2,(H2,28,34)(H,32,33)/t22?,23-,24+. The summed E-state index contributed by atoms with van der Waals surface area (Å²) in [5, 5.41) is 9.04. The molecule has 3 fully saturated rings. The number of hydrogen-bond acceptors (Lipinski definition) is 4. The smallest absolute Gasteiger partial charge is 0.303 e. The fourth-order valence-electron chi connectivity index (χ4n) is 6.46. The fraction of sp³-hybridized carbons (Fsp3) is 0.667. The number of hydrogen-bond donors (Lipinski definition) is 2. The van der Waals surface area contributed by atoms with Gasteiger partial charge in [-0.25, -0.2) is 0 Å². The molecule has 7 nitrogen and oxygen atoms in total. The number of primary amides is 1. The van der Waals surface area contributed by atoms with Gasteiger partial charge < -0.3 is 15.7 Å². The molecule has 1 unspecified atom stereocenters. The number of nitrogens with two attached hydrogens (primary N) is 1. The summed E-state index contributed by atoms with van der Waals surface area (Å²) >= 11 is 0. The summed E-state index contributed by atoms with van der Waals surface area (Å²) in [4.78, 5) is 40.1. The molecule has 34 heavy (non-hydrogen) atoms. The molecule has 2 aliphatic heterocycles. The predicted molar refractivity (Wildman–Crippen MR) is 130 cm³/mol. The highest BCUT2D eigenvalue weighted by Crippen LogP contribution is 2.43. The molecule has 186 valence electrons. The molecule has 1 saturated carbocycles. The van der Waals surface area contributed by atoms with E-state index in [0.29, 0.717) is 36.0 Å². The van der Waals surface area contributed by atoms with Crippen molar-refractivity contribution in [1.82, 2.24) is 9.80 Å². The van der Waals surface area contributed by atoms with Crippen molar-refractivity contribution in [3.8, 4) is 0 Å². The highest BCUT2D eigenvalue weighted by Gasteiger charge is 2.41. The van der Waals surface area contributed by atoms with E-state index in [1.807, 2.05) is 17.0 Å². The molecule has 1 aliphatic carbocycles. The molecule has 1 aromatic rings. The Hall–Kier alpha value is -2.41. The van der Waals surface area contributed by atoms with Crippen LogP contribution in [-0.4, -0.2) is 64.4 Å². The summed E-state index contributed by atoms with van der Waals surface area (Å²) in [6.07, 6.45) is 10.6. The van der Waals surface area contributed by atoms with E-state index in [2.05, 4.69) is 11.0 Å². The second-order valence-electron chi connectivity index (χ2n) is 10.5. The minimum Gasteiger partial charge on any atom is -0.481 e. The number of nitrogens with zero attached hydrogens (tertiary/aromatic N) is 2. The molecule has 4 rings (SSSR count). The van der Waals surface area contributed by atoms with Gasteiger partial charge in [0.1, 0.15) is 0 Å². The zero-order valence-corrected chi connectivity index (χ0v) is 20.2. The number of fused-ring (bicyclic) bond motifs is 2. The van der Waals surface area contributed by atoms with Crippen molar-refractivity contribution in [1.29, 1.82) is 0 Å². The van der Waals surface area contributed by atoms with Crippen LogP contribution in [0.1, 0.15) is 92.5 Å². The molecule has 2 saturated heterocycles. The van der Waals surface area contributed by atoms with Crippen molar-refractivity contribution >= 4 is 17.8 Å². The molecular formula is C27H39N3O4. The van der Waals surface area contributed by atoms with Gasteiger partial charge in [0, 0.05) is 43.7 Å². The first-order valence-electron chi connectivity index (χ1n) is 13.1. The van der Waals surface area contributed by atoms with Crippen molar-refractivity contribution in [3.05, 3.63) is 35.4 Å². The monoisotopic (exact) mass is 469 g/mol. The van der Waals surface area contributed by atoms with Crippen LogP contribution < -0.4 is 5.73 Å². The Kier molecular flexibility index (Phi) is 8.24. The number of carbonyl (C=O) groups is 3. The summed E-state index contributed by atoms with van der Waals surface area (Å²) in [6.45, 7) is 2.31. The van der Waals surface area contributed by atoms with Gasteiger partial charge in [-0.2, -0.15) is 0 Å². The molecule has 7 heteroatoms. The highest BCUT2D eigenvalue weighted by molar-refractivity contribution is 5.92. The van der Waals surface area contributed by atoms with Gasteiger partial charge in [0.05, 0.1) is 6.42 Å². The van der Waals surface area contributed by atoms with Crippen molar-refractivity contribution in [2.45, 2.75) is 88.6 Å². The molecule has 3 atom stereocenters. The molecule has 0 spiro atoms. The number of carbonyl (C=O) groups excluding carboxylic acids is 2. The van der Waals surface area contributed by atoms with E-state index in [0.717, 1.165) is 25.9 Å². The van der Waals surface area contributed by atoms with E-state index in [9.17, 15) is 14.4 Å². The summed E-state index contributed by atoms with van der Waals surface area (Å²) in [7, 11) is 0. The molecule has 0 aromatic heterocycles. The third-order valence-electron chi connectivity index (χ3n) is 8.26. The lowest BCUT2D eigenvalue weighted by atomic mass is 9.84. The third-order valence-corrected chi connectivity index (χ3v) is 8.26. The van der Waals surface area contributed by atoms with Crippen molar-refractivity contribution in [3.63, 3.8) is 0 Å². The van der Waals surface area contributed by atoms with E-state index >= 15 is 0 Å². The van der Waals surface area contributed by atoms with Crippen molar-refractivity contribution in [2.75, 3.05) is 19.6 Å². The SMILES string of the molecule is NC(=O)c1cccc(C2C[C@H]3CC[C@@H](C2)N3CCN(CC2CCCCC2)C(=O)CCC(=O)O)c1. The molecule has 2 bridgehead atoms. The maximum absolute atomic E-state index is 12.9. The zero-order valence-electron chi connectivity index (χ0n) is 20.2. The summed E-state index contributed by atoms with van der Waals surface area (Å²) in [5.41, 5.74) is 7.27. The zero-order chi connectivity index (χ0) is 24.1. The second-order valence-corrected chi connectivity index (χ2v) is 10.5. The molecular weight excluding hydrogens is 430 g/mol. The van der Waals surface area contributed by atoms with E-state index in [-0.39, 0.29) is 24.7 Å². The molecule has 3 N–H and O–H groups in total. The van der Waals surface area contributed by atoms with Crippen LogP contribution in [0, 0.1) is 5.92 Å². The first-order valence-corrected chi connectivity index (χ1v) is 13.1. The number of piperidine rings is 1. The minimum absolute atomic E-state index is 0.0153. The van der Waals surface area contributed by atoms with Gasteiger partial charge >= 0.3 is 5.97 Å². The topological polar surface area (TPSA) is 104 Å². The van der Waals surface area contributed by atoms with Crippen LogP contribution in [0.5, 0.6) is 0 Å². The average molecular weight is 470 g/mol. The first kappa shape index (κ1) is 24.7. The van der Waals surface area contributed by atoms with Crippen LogP contribution in [0.4, 0.5) is 0 Å². The Morgan fingerprint density at radius 2 is 1.71 bits per heavy atom. The molecule has 3 aliphatic rings. The maximum atomic E-state index is 12.9. The lowest BCUT2D eigenvalue weighted by Crippen LogP contribution is -2.47. The minimum atomic E-state index is -0.911. The van der Waals surface area contributed by atoms with E-state index in [4.69, 9.17) is 10.8 Å². The number of carboxylic acids is 1. The number of carboxylic acid groups (broad SMARTS) is 1. The highest BCUT2D eigenvalue weighted by atomic mass is 16.4. The van der Waals surface area contributed by atoms with Gasteiger partial charge in [-0.3, -0.25) is 19.3 Å². The van der Waals surface area contributed by atoms with Crippen LogP contribution in [0.3, 0.4) is 0 Å². The Balaban J connectivity index is 1.37.